The van der Waals surface area contributed by atoms with Crippen LogP contribution in [-0.4, -0.2) is 60.8 Å². The van der Waals surface area contributed by atoms with Crippen molar-refractivity contribution in [1.29, 1.82) is 0 Å². The van der Waals surface area contributed by atoms with E-state index in [0.29, 0.717) is 17.4 Å². The topological polar surface area (TPSA) is 65.0 Å². The van der Waals surface area contributed by atoms with Gasteiger partial charge in [0.25, 0.3) is 0 Å². The fraction of sp³-hybridized carbons (Fsp3) is 0.929. The lowest BCUT2D eigenvalue weighted by Crippen LogP contribution is -2.58. The Bertz CT molecular complexity index is 601. The number of urea groups is 1. The molecule has 0 radical (unpaired) electrons. The van der Waals surface area contributed by atoms with Crippen LogP contribution in [0.4, 0.5) is 4.79 Å². The second-order valence-electron chi connectivity index (χ2n) is 10.5. The summed E-state index contributed by atoms with van der Waals surface area (Å²) in [5.74, 6) is 0. The Hall–Kier alpha value is -1.39. The van der Waals surface area contributed by atoms with E-state index in [1.54, 1.807) is 6.08 Å². The van der Waals surface area contributed by atoms with Crippen molar-refractivity contribution in [1.82, 2.24) is 15.1 Å². The number of likely N-dealkylation sites (tertiary alicyclic amines) is 1. The smallest absolute Gasteiger partial charge is 0.318 e. The number of rotatable bonds is 17. The normalized spacial score (nSPS) is 17.1. The number of piperidine rings is 1. The highest BCUT2D eigenvalue weighted by Gasteiger charge is 2.37. The van der Waals surface area contributed by atoms with Gasteiger partial charge in [-0.15, -0.1) is 0 Å². The minimum Gasteiger partial charge on any atom is -0.338 e. The molecular formula is C28H54N4O2. The van der Waals surface area contributed by atoms with Gasteiger partial charge in [-0.25, -0.2) is 14.6 Å². The van der Waals surface area contributed by atoms with Crippen molar-refractivity contribution in [2.75, 3.05) is 32.7 Å². The van der Waals surface area contributed by atoms with Gasteiger partial charge in [0.15, 0.2) is 0 Å². The fourth-order valence-electron chi connectivity index (χ4n) is 5.79. The Labute approximate surface area is 210 Å². The van der Waals surface area contributed by atoms with Crippen LogP contribution in [0.5, 0.6) is 0 Å². The van der Waals surface area contributed by atoms with E-state index < -0.39 is 0 Å². The third-order valence-corrected chi connectivity index (χ3v) is 8.96. The first kappa shape index (κ1) is 30.6. The lowest BCUT2D eigenvalue weighted by Gasteiger charge is -2.48. The number of unbranched alkanes of at least 4 members (excludes halogenated alkanes) is 1. The lowest BCUT2D eigenvalue weighted by atomic mass is 9.75. The van der Waals surface area contributed by atoms with E-state index in [-0.39, 0.29) is 12.2 Å². The van der Waals surface area contributed by atoms with Gasteiger partial charge >= 0.3 is 6.03 Å². The lowest BCUT2D eigenvalue weighted by molar-refractivity contribution is -0.00939. The van der Waals surface area contributed by atoms with Gasteiger partial charge in [-0.2, -0.15) is 0 Å². The Morgan fingerprint density at radius 1 is 1.12 bits per heavy atom. The van der Waals surface area contributed by atoms with E-state index >= 15 is 0 Å². The minimum atomic E-state index is 0.0551. The van der Waals surface area contributed by atoms with Crippen molar-refractivity contribution in [2.45, 2.75) is 125 Å². The molecule has 1 aliphatic rings. The molecule has 1 saturated heterocycles. The summed E-state index contributed by atoms with van der Waals surface area (Å²) in [6, 6.07) is 0.0683. The van der Waals surface area contributed by atoms with Crippen LogP contribution < -0.4 is 5.32 Å². The SMILES string of the molecule is CCCCN(C(=O)NCCC(CC)(CC)CC)C(CCCN=C=O)N1CCCC(CC)(CC)C1. The van der Waals surface area contributed by atoms with Crippen molar-refractivity contribution >= 4 is 12.1 Å². The van der Waals surface area contributed by atoms with E-state index in [2.05, 4.69) is 61.7 Å². The zero-order chi connectivity index (χ0) is 25.5. The third-order valence-electron chi connectivity index (χ3n) is 8.96. The molecule has 0 spiro atoms. The Morgan fingerprint density at radius 2 is 1.79 bits per heavy atom. The summed E-state index contributed by atoms with van der Waals surface area (Å²) in [4.78, 5) is 32.6. The van der Waals surface area contributed by atoms with Gasteiger partial charge in [-0.05, 0) is 62.2 Å². The monoisotopic (exact) mass is 478 g/mol. The van der Waals surface area contributed by atoms with Crippen LogP contribution in [0.3, 0.4) is 0 Å². The fourth-order valence-corrected chi connectivity index (χ4v) is 5.79. The number of carbonyl (C=O) groups excluding carboxylic acids is 2. The maximum atomic E-state index is 13.6. The molecule has 198 valence electrons. The van der Waals surface area contributed by atoms with Crippen molar-refractivity contribution in [3.8, 4) is 0 Å². The quantitative estimate of drug-likeness (QED) is 0.143. The molecule has 1 aliphatic heterocycles. The molecule has 1 fully saturated rings. The van der Waals surface area contributed by atoms with Gasteiger partial charge in [0, 0.05) is 26.2 Å². The summed E-state index contributed by atoms with van der Waals surface area (Å²) in [6.07, 6.45) is 14.7. The number of hydrogen-bond donors (Lipinski definition) is 1. The van der Waals surface area contributed by atoms with Crippen LogP contribution in [0.1, 0.15) is 119 Å². The van der Waals surface area contributed by atoms with Crippen LogP contribution in [0, 0.1) is 10.8 Å². The molecule has 6 nitrogen and oxygen atoms in total. The third kappa shape index (κ3) is 9.00. The molecule has 34 heavy (non-hydrogen) atoms. The molecule has 1 heterocycles. The first-order valence-electron chi connectivity index (χ1n) is 14.2. The van der Waals surface area contributed by atoms with Gasteiger partial charge < -0.3 is 10.2 Å². The summed E-state index contributed by atoms with van der Waals surface area (Å²) in [7, 11) is 0. The highest BCUT2D eigenvalue weighted by atomic mass is 16.2. The van der Waals surface area contributed by atoms with Gasteiger partial charge in [-0.1, -0.05) is 67.2 Å². The molecule has 1 atom stereocenters. The molecule has 0 aliphatic carbocycles. The Kier molecular flexibility index (Phi) is 14.7. The van der Waals surface area contributed by atoms with E-state index in [1.807, 2.05) is 0 Å². The van der Waals surface area contributed by atoms with Gasteiger partial charge in [0.1, 0.15) is 0 Å². The molecular weight excluding hydrogens is 424 g/mol. The van der Waals surface area contributed by atoms with E-state index in [1.165, 1.54) is 25.7 Å². The van der Waals surface area contributed by atoms with Crippen LogP contribution in [0.25, 0.3) is 0 Å². The molecule has 0 aromatic rings. The van der Waals surface area contributed by atoms with Crippen molar-refractivity contribution in [3.05, 3.63) is 0 Å². The van der Waals surface area contributed by atoms with E-state index in [9.17, 15) is 9.59 Å². The molecule has 1 unspecified atom stereocenters. The highest BCUT2D eigenvalue weighted by molar-refractivity contribution is 5.74. The zero-order valence-electron chi connectivity index (χ0n) is 23.3. The molecule has 6 heteroatoms. The Balaban J connectivity index is 3.05. The minimum absolute atomic E-state index is 0.0551. The molecule has 1 N–H and O–H groups in total. The van der Waals surface area contributed by atoms with E-state index in [0.717, 1.165) is 77.5 Å². The maximum absolute atomic E-state index is 13.6. The van der Waals surface area contributed by atoms with Crippen molar-refractivity contribution in [3.63, 3.8) is 0 Å². The maximum Gasteiger partial charge on any atom is 0.318 e. The first-order chi connectivity index (χ1) is 16.4. The number of isocyanates is 1. The van der Waals surface area contributed by atoms with Crippen LogP contribution in [0.15, 0.2) is 4.99 Å². The average Bonchev–Trinajstić information content (AvgIpc) is 2.88. The first-order valence-corrected chi connectivity index (χ1v) is 14.2. The summed E-state index contributed by atoms with van der Waals surface area (Å²) < 4.78 is 0. The van der Waals surface area contributed by atoms with Crippen LogP contribution in [-0.2, 0) is 4.79 Å². The average molecular weight is 479 g/mol. The standard InChI is InChI=1S/C28H54N4O2/c1-7-13-22-32(26(34)30-20-18-27(8-2,9-3)10-4)25(16-14-19-29-24-33)31-21-15-17-28(11-5,12-6)23-31/h25H,7-23H2,1-6H3,(H,30,34). The predicted octanol–water partition coefficient (Wildman–Crippen LogP) is 6.75. The molecule has 0 saturated carbocycles. The number of carbonyl (C=O) groups is 1. The van der Waals surface area contributed by atoms with Crippen LogP contribution in [0.2, 0.25) is 0 Å². The van der Waals surface area contributed by atoms with Crippen molar-refractivity contribution in [2.24, 2.45) is 15.8 Å². The Morgan fingerprint density at radius 3 is 2.35 bits per heavy atom. The zero-order valence-corrected chi connectivity index (χ0v) is 23.3. The number of amides is 2. The van der Waals surface area contributed by atoms with Crippen molar-refractivity contribution < 1.29 is 9.59 Å². The summed E-state index contributed by atoms with van der Waals surface area (Å²) in [5, 5.41) is 3.29. The largest absolute Gasteiger partial charge is 0.338 e. The van der Waals surface area contributed by atoms with Gasteiger partial charge in [0.2, 0.25) is 6.08 Å². The molecule has 0 aromatic carbocycles. The predicted molar refractivity (Wildman–Crippen MR) is 143 cm³/mol. The van der Waals surface area contributed by atoms with Gasteiger partial charge in [-0.3, -0.25) is 4.90 Å². The molecule has 0 aromatic heterocycles. The van der Waals surface area contributed by atoms with E-state index in [4.69, 9.17) is 0 Å². The summed E-state index contributed by atoms with van der Waals surface area (Å²) >= 11 is 0. The highest BCUT2D eigenvalue weighted by Crippen LogP contribution is 2.38. The second-order valence-corrected chi connectivity index (χ2v) is 10.5. The summed E-state index contributed by atoms with van der Waals surface area (Å²) in [5.41, 5.74) is 0.663. The number of aliphatic imine (C=N–C) groups is 1. The number of hydrogen-bond acceptors (Lipinski definition) is 4. The molecule has 0 bridgehead atoms. The molecule has 2 amide bonds. The number of nitrogens with one attached hydrogen (secondary N) is 1. The number of nitrogens with zero attached hydrogens (tertiary/aromatic N) is 3. The second kappa shape index (κ2) is 16.3. The molecule has 1 rings (SSSR count). The van der Waals surface area contributed by atoms with Gasteiger partial charge in [0.05, 0.1) is 12.7 Å². The summed E-state index contributed by atoms with van der Waals surface area (Å²) in [6.45, 7) is 17.7. The van der Waals surface area contributed by atoms with Crippen LogP contribution >= 0.6 is 0 Å².